The number of aryl methyl sites for hydroxylation is 1. The Balaban J connectivity index is 1.82. The third-order valence-electron chi connectivity index (χ3n) is 5.00. The Morgan fingerprint density at radius 2 is 1.95 bits per heavy atom. The molecular weight excluding hydrogens is 262 g/mol. The molecule has 2 aliphatic rings. The lowest BCUT2D eigenvalue weighted by Gasteiger charge is -2.40. The number of piperidine rings is 1. The number of hydrogen-bond donors (Lipinski definition) is 0. The zero-order chi connectivity index (χ0) is 14.7. The first kappa shape index (κ1) is 14.4. The summed E-state index contributed by atoms with van der Waals surface area (Å²) < 4.78 is 6.08. The van der Waals surface area contributed by atoms with Crippen LogP contribution in [0.15, 0.2) is 24.3 Å². The number of fused-ring (bicyclic) bond motifs is 1. The van der Waals surface area contributed by atoms with Crippen molar-refractivity contribution < 1.29 is 9.53 Å². The van der Waals surface area contributed by atoms with Crippen molar-refractivity contribution in [2.75, 3.05) is 13.1 Å². The van der Waals surface area contributed by atoms with Crippen LogP contribution in [0.25, 0.3) is 0 Å². The van der Waals surface area contributed by atoms with Crippen molar-refractivity contribution in [3.8, 4) is 0 Å². The minimum Gasteiger partial charge on any atom is -0.438 e. The summed E-state index contributed by atoms with van der Waals surface area (Å²) in [6.07, 6.45) is 7.30. The molecule has 0 saturated carbocycles. The lowest BCUT2D eigenvalue weighted by Crippen LogP contribution is -2.43. The van der Waals surface area contributed by atoms with E-state index in [4.69, 9.17) is 4.74 Å². The highest BCUT2D eigenvalue weighted by Gasteiger charge is 2.39. The zero-order valence-corrected chi connectivity index (χ0v) is 12.9. The fraction of sp³-hybridized carbons (Fsp3) is 0.611. The van der Waals surface area contributed by atoms with Gasteiger partial charge in [-0.15, -0.1) is 0 Å². The summed E-state index contributed by atoms with van der Waals surface area (Å²) >= 11 is 0. The molecule has 1 heterocycles. The predicted molar refractivity (Wildman–Crippen MR) is 83.3 cm³/mol. The molecule has 1 aromatic carbocycles. The van der Waals surface area contributed by atoms with Crippen LogP contribution in [0, 0.1) is 0 Å². The topological polar surface area (TPSA) is 29.5 Å². The number of ether oxygens (including phenoxy) is 1. The predicted octanol–water partition coefficient (Wildman–Crippen LogP) is 4.25. The number of amides is 1. The summed E-state index contributed by atoms with van der Waals surface area (Å²) in [6.45, 7) is 3.83. The van der Waals surface area contributed by atoms with Gasteiger partial charge < -0.3 is 9.64 Å². The van der Waals surface area contributed by atoms with Crippen LogP contribution in [-0.2, 0) is 16.8 Å². The van der Waals surface area contributed by atoms with E-state index in [1.807, 2.05) is 4.90 Å². The molecule has 1 saturated heterocycles. The Morgan fingerprint density at radius 3 is 2.71 bits per heavy atom. The standard InChI is InChI=1S/C18H25NO2/c1-2-18(21-17(20)19-13-6-3-7-14-19)12-8-10-15-9-4-5-11-16(15)18/h4-5,9,11H,2-3,6-8,10,12-14H2,1H3. The van der Waals surface area contributed by atoms with E-state index in [1.165, 1.54) is 17.5 Å². The van der Waals surface area contributed by atoms with Crippen LogP contribution in [0.1, 0.15) is 56.6 Å². The summed E-state index contributed by atoms with van der Waals surface area (Å²) in [4.78, 5) is 14.4. The van der Waals surface area contributed by atoms with Crippen LogP contribution in [0.3, 0.4) is 0 Å². The van der Waals surface area contributed by atoms with Crippen molar-refractivity contribution in [3.05, 3.63) is 35.4 Å². The maximum Gasteiger partial charge on any atom is 0.410 e. The average molecular weight is 287 g/mol. The van der Waals surface area contributed by atoms with Gasteiger partial charge in [0.2, 0.25) is 0 Å². The molecule has 3 rings (SSSR count). The van der Waals surface area contributed by atoms with Crippen molar-refractivity contribution in [2.24, 2.45) is 0 Å². The van der Waals surface area contributed by atoms with Gasteiger partial charge in [-0.2, -0.15) is 0 Å². The molecule has 1 aliphatic heterocycles. The van der Waals surface area contributed by atoms with Crippen LogP contribution in [-0.4, -0.2) is 24.1 Å². The third-order valence-corrected chi connectivity index (χ3v) is 5.00. The molecular formula is C18H25NO2. The number of rotatable bonds is 2. The van der Waals surface area contributed by atoms with Gasteiger partial charge in [0.1, 0.15) is 5.60 Å². The molecule has 0 spiro atoms. The summed E-state index contributed by atoms with van der Waals surface area (Å²) in [5.41, 5.74) is 2.16. The highest BCUT2D eigenvalue weighted by Crippen LogP contribution is 2.41. The second kappa shape index (κ2) is 6.08. The van der Waals surface area contributed by atoms with Crippen LogP contribution < -0.4 is 0 Å². The third kappa shape index (κ3) is 2.78. The fourth-order valence-electron chi connectivity index (χ4n) is 3.74. The maximum absolute atomic E-state index is 12.5. The smallest absolute Gasteiger partial charge is 0.410 e. The Morgan fingerprint density at radius 1 is 1.19 bits per heavy atom. The molecule has 0 radical (unpaired) electrons. The number of likely N-dealkylation sites (tertiary alicyclic amines) is 1. The molecule has 114 valence electrons. The minimum absolute atomic E-state index is 0.117. The van der Waals surface area contributed by atoms with Gasteiger partial charge in [0.05, 0.1) is 0 Å². The van der Waals surface area contributed by atoms with Crippen molar-refractivity contribution >= 4 is 6.09 Å². The number of carbonyl (C=O) groups is 1. The van der Waals surface area contributed by atoms with Gasteiger partial charge in [0.25, 0.3) is 0 Å². The highest BCUT2D eigenvalue weighted by molar-refractivity contribution is 5.68. The molecule has 1 aliphatic carbocycles. The van der Waals surface area contributed by atoms with Gasteiger partial charge in [0.15, 0.2) is 0 Å². The zero-order valence-electron chi connectivity index (χ0n) is 12.9. The number of benzene rings is 1. The Bertz CT molecular complexity index is 508. The lowest BCUT2D eigenvalue weighted by molar-refractivity contribution is -0.0301. The van der Waals surface area contributed by atoms with E-state index in [9.17, 15) is 4.79 Å². The van der Waals surface area contributed by atoms with Crippen LogP contribution in [0.4, 0.5) is 4.79 Å². The highest BCUT2D eigenvalue weighted by atomic mass is 16.6. The van der Waals surface area contributed by atoms with Gasteiger partial charge in [-0.25, -0.2) is 4.79 Å². The molecule has 1 unspecified atom stereocenters. The summed E-state index contributed by atoms with van der Waals surface area (Å²) in [7, 11) is 0. The molecule has 1 atom stereocenters. The Hall–Kier alpha value is -1.51. The van der Waals surface area contributed by atoms with Gasteiger partial charge in [0, 0.05) is 13.1 Å². The minimum atomic E-state index is -0.413. The first-order valence-corrected chi connectivity index (χ1v) is 8.31. The average Bonchev–Trinajstić information content (AvgIpc) is 2.56. The Labute approximate surface area is 127 Å². The van der Waals surface area contributed by atoms with Gasteiger partial charge in [-0.1, -0.05) is 31.2 Å². The van der Waals surface area contributed by atoms with Gasteiger partial charge >= 0.3 is 6.09 Å². The molecule has 1 amide bonds. The fourth-order valence-corrected chi connectivity index (χ4v) is 3.74. The number of carbonyl (C=O) groups excluding carboxylic acids is 1. The second-order valence-corrected chi connectivity index (χ2v) is 6.27. The van der Waals surface area contributed by atoms with Crippen LogP contribution in [0.2, 0.25) is 0 Å². The molecule has 3 nitrogen and oxygen atoms in total. The van der Waals surface area contributed by atoms with E-state index in [0.717, 1.165) is 51.6 Å². The SMILES string of the molecule is CCC1(OC(=O)N2CCCCC2)CCCc2ccccc21. The second-order valence-electron chi connectivity index (χ2n) is 6.27. The molecule has 1 aromatic rings. The van der Waals surface area contributed by atoms with Crippen LogP contribution in [0.5, 0.6) is 0 Å². The molecule has 1 fully saturated rings. The van der Waals surface area contributed by atoms with E-state index < -0.39 is 5.60 Å². The first-order chi connectivity index (χ1) is 10.2. The lowest BCUT2D eigenvalue weighted by atomic mass is 9.77. The molecule has 21 heavy (non-hydrogen) atoms. The molecule has 0 aromatic heterocycles. The van der Waals surface area contributed by atoms with E-state index in [2.05, 4.69) is 31.2 Å². The largest absolute Gasteiger partial charge is 0.438 e. The number of nitrogens with zero attached hydrogens (tertiary/aromatic N) is 1. The van der Waals surface area contributed by atoms with Crippen molar-refractivity contribution in [2.45, 2.75) is 57.5 Å². The molecule has 0 bridgehead atoms. The normalized spacial score (nSPS) is 25.3. The van der Waals surface area contributed by atoms with Gasteiger partial charge in [-0.3, -0.25) is 0 Å². The summed E-state index contributed by atoms with van der Waals surface area (Å²) in [5, 5.41) is 0. The summed E-state index contributed by atoms with van der Waals surface area (Å²) in [5.74, 6) is 0. The van der Waals surface area contributed by atoms with Gasteiger partial charge in [-0.05, 0) is 56.1 Å². The first-order valence-electron chi connectivity index (χ1n) is 8.31. The van der Waals surface area contributed by atoms with Crippen molar-refractivity contribution in [1.82, 2.24) is 4.90 Å². The van der Waals surface area contributed by atoms with E-state index >= 15 is 0 Å². The Kier molecular flexibility index (Phi) is 4.18. The van der Waals surface area contributed by atoms with E-state index in [-0.39, 0.29) is 6.09 Å². The van der Waals surface area contributed by atoms with Crippen molar-refractivity contribution in [3.63, 3.8) is 0 Å². The summed E-state index contributed by atoms with van der Waals surface area (Å²) in [6, 6.07) is 8.45. The monoisotopic (exact) mass is 287 g/mol. The van der Waals surface area contributed by atoms with Crippen molar-refractivity contribution in [1.29, 1.82) is 0 Å². The van der Waals surface area contributed by atoms with E-state index in [0.29, 0.717) is 0 Å². The number of hydrogen-bond acceptors (Lipinski definition) is 2. The van der Waals surface area contributed by atoms with E-state index in [1.54, 1.807) is 0 Å². The molecule has 3 heteroatoms. The quantitative estimate of drug-likeness (QED) is 0.813. The van der Waals surface area contributed by atoms with Crippen LogP contribution >= 0.6 is 0 Å². The molecule has 0 N–H and O–H groups in total. The maximum atomic E-state index is 12.5.